The van der Waals surface area contributed by atoms with Gasteiger partial charge in [-0.25, -0.2) is 0 Å². The van der Waals surface area contributed by atoms with Crippen LogP contribution in [-0.4, -0.2) is 21.7 Å². The Bertz CT molecular complexity index is 817. The molecule has 0 amide bonds. The van der Waals surface area contributed by atoms with E-state index in [1.165, 1.54) is 11.1 Å². The summed E-state index contributed by atoms with van der Waals surface area (Å²) in [6, 6.07) is 18.7. The third-order valence-corrected chi connectivity index (χ3v) is 4.18. The number of anilines is 3. The lowest BCUT2D eigenvalue weighted by atomic mass is 10.0. The van der Waals surface area contributed by atoms with Crippen LogP contribution in [0.15, 0.2) is 60.8 Å². The molecule has 0 aliphatic carbocycles. The molecule has 26 heavy (non-hydrogen) atoms. The molecule has 0 saturated heterocycles. The number of rotatable bonds is 8. The molecule has 5 heteroatoms. The van der Waals surface area contributed by atoms with E-state index in [4.69, 9.17) is 0 Å². The first kappa shape index (κ1) is 17.9. The zero-order valence-electron chi connectivity index (χ0n) is 15.3. The van der Waals surface area contributed by atoms with Crippen molar-refractivity contribution in [3.05, 3.63) is 71.9 Å². The van der Waals surface area contributed by atoms with Crippen molar-refractivity contribution < 1.29 is 0 Å². The third-order valence-electron chi connectivity index (χ3n) is 4.18. The van der Waals surface area contributed by atoms with Gasteiger partial charge in [-0.3, -0.25) is 0 Å². The Morgan fingerprint density at radius 3 is 2.54 bits per heavy atom. The van der Waals surface area contributed by atoms with Crippen molar-refractivity contribution in [1.29, 1.82) is 0 Å². The highest BCUT2D eigenvalue weighted by molar-refractivity contribution is 5.59. The highest BCUT2D eigenvalue weighted by atomic mass is 15.3. The molecule has 1 heterocycles. The SMILES string of the molecule is CC(C)c1ccccc1Nc1nncc(NCCCc2ccccc2)n1. The summed E-state index contributed by atoms with van der Waals surface area (Å²) in [5.74, 6) is 1.66. The number of hydrogen-bond acceptors (Lipinski definition) is 5. The number of nitrogens with zero attached hydrogens (tertiary/aromatic N) is 3. The molecule has 5 nitrogen and oxygen atoms in total. The molecular formula is C21H25N5. The van der Waals surface area contributed by atoms with Crippen molar-refractivity contribution in [3.8, 4) is 0 Å². The van der Waals surface area contributed by atoms with E-state index < -0.39 is 0 Å². The largest absolute Gasteiger partial charge is 0.369 e. The van der Waals surface area contributed by atoms with Gasteiger partial charge in [0.05, 0.1) is 6.20 Å². The van der Waals surface area contributed by atoms with E-state index in [2.05, 4.69) is 70.0 Å². The zero-order chi connectivity index (χ0) is 18.2. The molecule has 0 radical (unpaired) electrons. The van der Waals surface area contributed by atoms with Crippen molar-refractivity contribution in [3.63, 3.8) is 0 Å². The molecule has 134 valence electrons. The first-order chi connectivity index (χ1) is 12.7. The van der Waals surface area contributed by atoms with Crippen molar-refractivity contribution >= 4 is 17.5 Å². The maximum absolute atomic E-state index is 4.52. The highest BCUT2D eigenvalue weighted by Crippen LogP contribution is 2.25. The van der Waals surface area contributed by atoms with Crippen LogP contribution >= 0.6 is 0 Å². The van der Waals surface area contributed by atoms with Crippen molar-refractivity contribution in [2.45, 2.75) is 32.6 Å². The molecule has 0 unspecified atom stereocenters. The van der Waals surface area contributed by atoms with Crippen molar-refractivity contribution in [2.24, 2.45) is 0 Å². The first-order valence-electron chi connectivity index (χ1n) is 9.06. The standard InChI is InChI=1S/C21H25N5/c1-16(2)18-12-6-7-13-19(18)24-21-25-20(15-23-26-21)22-14-8-11-17-9-4-3-5-10-17/h3-7,9-10,12-13,15-16H,8,11,14H2,1-2H3,(H2,22,24,25,26). The van der Waals surface area contributed by atoms with Crippen LogP contribution in [0.1, 0.15) is 37.3 Å². The number of benzene rings is 2. The molecule has 0 bridgehead atoms. The summed E-state index contributed by atoms with van der Waals surface area (Å²) in [5, 5.41) is 14.8. The lowest BCUT2D eigenvalue weighted by molar-refractivity contribution is 0.852. The van der Waals surface area contributed by atoms with Crippen LogP contribution in [0, 0.1) is 0 Å². The van der Waals surface area contributed by atoms with Crippen LogP contribution in [0.4, 0.5) is 17.5 Å². The van der Waals surface area contributed by atoms with E-state index in [1.54, 1.807) is 6.20 Å². The van der Waals surface area contributed by atoms with E-state index in [9.17, 15) is 0 Å². The number of para-hydroxylation sites is 1. The van der Waals surface area contributed by atoms with Gasteiger partial charge in [-0.05, 0) is 36.0 Å². The summed E-state index contributed by atoms with van der Waals surface area (Å²) >= 11 is 0. The molecule has 0 aliphatic heterocycles. The summed E-state index contributed by atoms with van der Waals surface area (Å²) in [5.41, 5.74) is 3.60. The van der Waals surface area contributed by atoms with Gasteiger partial charge in [0.1, 0.15) is 0 Å². The number of hydrogen-bond donors (Lipinski definition) is 2. The van der Waals surface area contributed by atoms with Gasteiger partial charge < -0.3 is 10.6 Å². The van der Waals surface area contributed by atoms with Gasteiger partial charge in [0.25, 0.3) is 0 Å². The minimum atomic E-state index is 0.422. The second kappa shape index (κ2) is 8.94. The molecule has 0 aliphatic rings. The molecule has 1 aromatic heterocycles. The molecule has 3 rings (SSSR count). The van der Waals surface area contributed by atoms with Gasteiger partial charge in [0.2, 0.25) is 5.95 Å². The minimum Gasteiger partial charge on any atom is -0.369 e. The monoisotopic (exact) mass is 347 g/mol. The number of nitrogens with one attached hydrogen (secondary N) is 2. The molecule has 0 saturated carbocycles. The smallest absolute Gasteiger partial charge is 0.249 e. The second-order valence-corrected chi connectivity index (χ2v) is 6.55. The molecule has 0 atom stereocenters. The molecule has 2 N–H and O–H groups in total. The van der Waals surface area contributed by atoms with E-state index in [-0.39, 0.29) is 0 Å². The van der Waals surface area contributed by atoms with Crippen LogP contribution < -0.4 is 10.6 Å². The van der Waals surface area contributed by atoms with Gasteiger partial charge in [0.15, 0.2) is 5.82 Å². The Morgan fingerprint density at radius 2 is 1.73 bits per heavy atom. The van der Waals surface area contributed by atoms with Gasteiger partial charge in [-0.1, -0.05) is 62.4 Å². The van der Waals surface area contributed by atoms with Crippen LogP contribution in [0.25, 0.3) is 0 Å². The van der Waals surface area contributed by atoms with Crippen molar-refractivity contribution in [1.82, 2.24) is 15.2 Å². The van der Waals surface area contributed by atoms with E-state index in [0.717, 1.165) is 30.9 Å². The highest BCUT2D eigenvalue weighted by Gasteiger charge is 2.08. The quantitative estimate of drug-likeness (QED) is 0.574. The third kappa shape index (κ3) is 5.02. The Hall–Kier alpha value is -2.95. The Morgan fingerprint density at radius 1 is 0.962 bits per heavy atom. The van der Waals surface area contributed by atoms with E-state index in [0.29, 0.717) is 11.9 Å². The summed E-state index contributed by atoms with van der Waals surface area (Å²) in [4.78, 5) is 4.52. The van der Waals surface area contributed by atoms with Gasteiger partial charge in [-0.2, -0.15) is 10.1 Å². The Kier molecular flexibility index (Phi) is 6.14. The fourth-order valence-corrected chi connectivity index (χ4v) is 2.83. The Labute approximate surface area is 154 Å². The van der Waals surface area contributed by atoms with Crippen LogP contribution in [0.2, 0.25) is 0 Å². The minimum absolute atomic E-state index is 0.422. The Balaban J connectivity index is 1.57. The fraction of sp³-hybridized carbons (Fsp3) is 0.286. The predicted molar refractivity (Wildman–Crippen MR) is 107 cm³/mol. The average Bonchev–Trinajstić information content (AvgIpc) is 2.67. The first-order valence-corrected chi connectivity index (χ1v) is 9.06. The molecular weight excluding hydrogens is 322 g/mol. The fourth-order valence-electron chi connectivity index (χ4n) is 2.83. The van der Waals surface area contributed by atoms with Crippen molar-refractivity contribution in [2.75, 3.05) is 17.2 Å². The van der Waals surface area contributed by atoms with E-state index >= 15 is 0 Å². The van der Waals surface area contributed by atoms with Crippen LogP contribution in [-0.2, 0) is 6.42 Å². The van der Waals surface area contributed by atoms with Gasteiger partial charge in [-0.15, -0.1) is 5.10 Å². The summed E-state index contributed by atoms with van der Waals surface area (Å²) in [6.45, 7) is 5.18. The van der Waals surface area contributed by atoms with E-state index in [1.807, 2.05) is 24.3 Å². The molecule has 0 fully saturated rings. The van der Waals surface area contributed by atoms with Gasteiger partial charge >= 0.3 is 0 Å². The lowest BCUT2D eigenvalue weighted by Crippen LogP contribution is -2.08. The van der Waals surface area contributed by atoms with Crippen LogP contribution in [0.5, 0.6) is 0 Å². The lowest BCUT2D eigenvalue weighted by Gasteiger charge is -2.13. The maximum atomic E-state index is 4.52. The van der Waals surface area contributed by atoms with Gasteiger partial charge in [0, 0.05) is 12.2 Å². The topological polar surface area (TPSA) is 62.7 Å². The van der Waals surface area contributed by atoms with Crippen LogP contribution in [0.3, 0.4) is 0 Å². The average molecular weight is 347 g/mol. The number of aryl methyl sites for hydroxylation is 1. The normalized spacial score (nSPS) is 10.7. The predicted octanol–water partition coefficient (Wildman–Crippen LogP) is 4.78. The molecule has 3 aromatic rings. The maximum Gasteiger partial charge on any atom is 0.249 e. The second-order valence-electron chi connectivity index (χ2n) is 6.55. The number of aromatic nitrogens is 3. The molecule has 2 aromatic carbocycles. The summed E-state index contributed by atoms with van der Waals surface area (Å²) in [7, 11) is 0. The molecule has 0 spiro atoms. The zero-order valence-corrected chi connectivity index (χ0v) is 15.3. The summed E-state index contributed by atoms with van der Waals surface area (Å²) < 4.78 is 0. The summed E-state index contributed by atoms with van der Waals surface area (Å²) in [6.07, 6.45) is 3.73.